The van der Waals surface area contributed by atoms with Crippen LogP contribution < -0.4 is 10.2 Å². The van der Waals surface area contributed by atoms with Gasteiger partial charge in [0.1, 0.15) is 17.8 Å². The minimum absolute atomic E-state index is 0.0103. The first kappa shape index (κ1) is 21.7. The first-order chi connectivity index (χ1) is 16.0. The molecule has 33 heavy (non-hydrogen) atoms. The molecule has 2 aliphatic rings. The lowest BCUT2D eigenvalue weighted by atomic mass is 9.99. The van der Waals surface area contributed by atoms with Gasteiger partial charge in [0.05, 0.1) is 24.9 Å². The molecule has 9 heteroatoms. The highest BCUT2D eigenvalue weighted by Crippen LogP contribution is 2.47. The Kier molecular flexibility index (Phi) is 5.46. The molecule has 0 spiro atoms. The molecule has 3 aromatic rings. The van der Waals surface area contributed by atoms with Crippen molar-refractivity contribution < 1.29 is 9.90 Å². The second-order valence-electron chi connectivity index (χ2n) is 9.15. The summed E-state index contributed by atoms with van der Waals surface area (Å²) in [5, 5.41) is 21.2. The number of carbonyl (C=O) groups excluding carboxylic acids is 1. The second kappa shape index (κ2) is 8.31. The third-order valence-electron chi connectivity index (χ3n) is 6.85. The monoisotopic (exact) mass is 447 g/mol. The van der Waals surface area contributed by atoms with Gasteiger partial charge in [-0.05, 0) is 44.5 Å². The fourth-order valence-corrected chi connectivity index (χ4v) is 4.42. The van der Waals surface area contributed by atoms with E-state index in [4.69, 9.17) is 9.97 Å². The van der Waals surface area contributed by atoms with Crippen molar-refractivity contribution in [2.45, 2.75) is 57.7 Å². The summed E-state index contributed by atoms with van der Waals surface area (Å²) in [4.78, 5) is 24.9. The van der Waals surface area contributed by atoms with E-state index < -0.39 is 0 Å². The van der Waals surface area contributed by atoms with Gasteiger partial charge in [-0.1, -0.05) is 19.9 Å². The highest BCUT2D eigenvalue weighted by Gasteiger charge is 2.43. The summed E-state index contributed by atoms with van der Waals surface area (Å²) in [6.07, 6.45) is 4.56. The molecule has 5 rings (SSSR count). The maximum absolute atomic E-state index is 13.5. The van der Waals surface area contributed by atoms with Gasteiger partial charge >= 0.3 is 0 Å². The number of hydrogen-bond acceptors (Lipinski definition) is 7. The molecule has 0 radical (unpaired) electrons. The Balaban J connectivity index is 1.51. The van der Waals surface area contributed by atoms with E-state index >= 15 is 0 Å². The molecule has 1 aliphatic carbocycles. The lowest BCUT2D eigenvalue weighted by Gasteiger charge is -2.17. The molecule has 1 atom stereocenters. The number of aromatic nitrogens is 5. The Morgan fingerprint density at radius 2 is 2.09 bits per heavy atom. The molecule has 0 bridgehead atoms. The molecule has 1 aliphatic heterocycles. The summed E-state index contributed by atoms with van der Waals surface area (Å²) < 4.78 is 1.84. The average Bonchev–Trinajstić information content (AvgIpc) is 3.25. The average molecular weight is 448 g/mol. The molecule has 9 nitrogen and oxygen atoms in total. The Hall–Kier alpha value is -3.17. The smallest absolute Gasteiger partial charge is 0.260 e. The number of amides is 1. The topological polar surface area (TPSA) is 109 Å². The molecule has 0 aromatic carbocycles. The highest BCUT2D eigenvalue weighted by molar-refractivity contribution is 6.09. The predicted molar refractivity (Wildman–Crippen MR) is 124 cm³/mol. The molecular weight excluding hydrogens is 418 g/mol. The normalized spacial score (nSPS) is 17.3. The van der Waals surface area contributed by atoms with E-state index in [0.717, 1.165) is 41.8 Å². The third-order valence-corrected chi connectivity index (χ3v) is 6.85. The van der Waals surface area contributed by atoms with Crippen molar-refractivity contribution >= 4 is 11.7 Å². The van der Waals surface area contributed by atoms with Crippen LogP contribution in [0.3, 0.4) is 0 Å². The van der Waals surface area contributed by atoms with Crippen molar-refractivity contribution in [2.75, 3.05) is 18.6 Å². The van der Waals surface area contributed by atoms with Crippen molar-refractivity contribution in [3.63, 3.8) is 0 Å². The van der Waals surface area contributed by atoms with Gasteiger partial charge in [-0.25, -0.2) is 4.98 Å². The zero-order chi connectivity index (χ0) is 23.2. The lowest BCUT2D eigenvalue weighted by molar-refractivity contribution is 0.0995. The maximum atomic E-state index is 13.5. The SMILES string of the molecule is CC[C@H](CO)n1cnnc1-c1cccc(N2Cc3c(cc(C4(C)CC4)nc3CNC)C2=O)n1. The predicted octanol–water partition coefficient (Wildman–Crippen LogP) is 2.61. The van der Waals surface area contributed by atoms with Crippen LogP contribution >= 0.6 is 0 Å². The Morgan fingerprint density at radius 3 is 2.79 bits per heavy atom. The number of nitrogens with zero attached hydrogens (tertiary/aromatic N) is 6. The van der Waals surface area contributed by atoms with Crippen molar-refractivity contribution in [1.29, 1.82) is 0 Å². The molecule has 4 heterocycles. The Labute approximate surface area is 192 Å². The molecule has 3 aromatic heterocycles. The number of nitrogens with one attached hydrogen (secondary N) is 1. The van der Waals surface area contributed by atoms with Gasteiger partial charge in [0.15, 0.2) is 5.82 Å². The maximum Gasteiger partial charge on any atom is 0.260 e. The summed E-state index contributed by atoms with van der Waals surface area (Å²) >= 11 is 0. The quantitative estimate of drug-likeness (QED) is 0.546. The van der Waals surface area contributed by atoms with E-state index in [9.17, 15) is 9.90 Å². The fourth-order valence-electron chi connectivity index (χ4n) is 4.42. The van der Waals surface area contributed by atoms with Crippen molar-refractivity contribution in [3.05, 3.63) is 53.1 Å². The highest BCUT2D eigenvalue weighted by atomic mass is 16.3. The molecule has 0 saturated heterocycles. The number of aliphatic hydroxyl groups excluding tert-OH is 1. The van der Waals surface area contributed by atoms with E-state index in [-0.39, 0.29) is 24.0 Å². The van der Waals surface area contributed by atoms with Crippen LogP contribution in [-0.2, 0) is 18.5 Å². The van der Waals surface area contributed by atoms with E-state index in [2.05, 4.69) is 22.4 Å². The van der Waals surface area contributed by atoms with Crippen molar-refractivity contribution in [2.24, 2.45) is 0 Å². The molecule has 1 saturated carbocycles. The van der Waals surface area contributed by atoms with Crippen molar-refractivity contribution in [3.8, 4) is 11.5 Å². The van der Waals surface area contributed by atoms with Crippen LogP contribution in [0.5, 0.6) is 0 Å². The van der Waals surface area contributed by atoms with Gasteiger partial charge < -0.3 is 15.0 Å². The van der Waals surface area contributed by atoms with Gasteiger partial charge in [-0.3, -0.25) is 14.7 Å². The molecule has 1 fully saturated rings. The van der Waals surface area contributed by atoms with Gasteiger partial charge in [-0.2, -0.15) is 0 Å². The van der Waals surface area contributed by atoms with E-state index in [1.807, 2.05) is 42.8 Å². The Bertz CT molecular complexity index is 1200. The van der Waals surface area contributed by atoms with Crippen LogP contribution in [0.25, 0.3) is 11.5 Å². The van der Waals surface area contributed by atoms with Crippen LogP contribution in [0, 0.1) is 0 Å². The molecule has 0 unspecified atom stereocenters. The standard InChI is InChI=1S/C24H29N7O2/c1-4-15(13-32)31-14-26-29-22(31)18-6-5-7-21(28-18)30-12-17-16(23(30)33)10-20(24(2)8-9-24)27-19(17)11-25-3/h5-7,10,14-15,25,32H,4,8-9,11-13H2,1-3H3/t15-/m1/s1. The van der Waals surface area contributed by atoms with Crippen LogP contribution in [-0.4, -0.2) is 49.4 Å². The molecule has 2 N–H and O–H groups in total. The summed E-state index contributed by atoms with van der Waals surface area (Å²) in [5.41, 5.74) is 4.31. The summed E-state index contributed by atoms with van der Waals surface area (Å²) in [6.45, 7) is 5.25. The minimum Gasteiger partial charge on any atom is -0.394 e. The number of rotatable bonds is 8. The van der Waals surface area contributed by atoms with E-state index in [1.165, 1.54) is 0 Å². The largest absolute Gasteiger partial charge is 0.394 e. The second-order valence-corrected chi connectivity index (χ2v) is 9.15. The number of anilines is 1. The third kappa shape index (κ3) is 3.71. The van der Waals surface area contributed by atoms with Crippen LogP contribution in [0.2, 0.25) is 0 Å². The first-order valence-electron chi connectivity index (χ1n) is 11.5. The molecular formula is C24H29N7O2. The van der Waals surface area contributed by atoms with Crippen LogP contribution in [0.1, 0.15) is 66.5 Å². The van der Waals surface area contributed by atoms with Gasteiger partial charge in [0, 0.05) is 28.8 Å². The summed E-state index contributed by atoms with van der Waals surface area (Å²) in [7, 11) is 1.89. The van der Waals surface area contributed by atoms with E-state index in [0.29, 0.717) is 30.4 Å². The number of carbonyl (C=O) groups is 1. The number of fused-ring (bicyclic) bond motifs is 1. The summed E-state index contributed by atoms with van der Waals surface area (Å²) in [6, 6.07) is 7.41. The number of hydrogen-bond donors (Lipinski definition) is 2. The lowest BCUT2D eigenvalue weighted by Crippen LogP contribution is -2.24. The fraction of sp³-hybridized carbons (Fsp3) is 0.458. The zero-order valence-electron chi connectivity index (χ0n) is 19.2. The number of pyridine rings is 2. The zero-order valence-corrected chi connectivity index (χ0v) is 19.2. The number of aliphatic hydroxyl groups is 1. The first-order valence-corrected chi connectivity index (χ1v) is 11.5. The van der Waals surface area contributed by atoms with Crippen molar-refractivity contribution in [1.82, 2.24) is 30.0 Å². The van der Waals surface area contributed by atoms with Gasteiger partial charge in [0.2, 0.25) is 0 Å². The van der Waals surface area contributed by atoms with Gasteiger partial charge in [0.25, 0.3) is 5.91 Å². The molecule has 1 amide bonds. The minimum atomic E-state index is -0.129. The Morgan fingerprint density at radius 1 is 1.27 bits per heavy atom. The molecule has 172 valence electrons. The summed E-state index contributed by atoms with van der Waals surface area (Å²) in [5.74, 6) is 1.08. The van der Waals surface area contributed by atoms with Gasteiger partial charge in [-0.15, -0.1) is 10.2 Å². The van der Waals surface area contributed by atoms with E-state index in [1.54, 1.807) is 11.2 Å². The van der Waals surface area contributed by atoms with Crippen LogP contribution in [0.15, 0.2) is 30.6 Å². The van der Waals surface area contributed by atoms with Crippen LogP contribution in [0.4, 0.5) is 5.82 Å².